The number of rotatable bonds is 7. The van der Waals surface area contributed by atoms with E-state index in [9.17, 15) is 18.3 Å². The molecule has 2 aromatic carbocycles. The van der Waals surface area contributed by atoms with Crippen LogP contribution in [0.15, 0.2) is 66.1 Å². The van der Waals surface area contributed by atoms with Crippen LogP contribution in [0.25, 0.3) is 17.1 Å². The van der Waals surface area contributed by atoms with E-state index in [1.54, 1.807) is 42.2 Å². The van der Waals surface area contributed by atoms with Crippen LogP contribution in [-0.2, 0) is 17.1 Å². The number of anilines is 1. The maximum absolute atomic E-state index is 15.1. The minimum atomic E-state index is -4.22. The zero-order chi connectivity index (χ0) is 24.0. The molecular formula is C23H20FN5O4S. The number of hydrogen-bond acceptors (Lipinski definition) is 5. The van der Waals surface area contributed by atoms with Gasteiger partial charge in [0.05, 0.1) is 27.4 Å². The fourth-order valence-electron chi connectivity index (χ4n) is 3.90. The quantitative estimate of drug-likeness (QED) is 0.415. The molecule has 0 bridgehead atoms. The molecule has 2 aromatic heterocycles. The second-order valence-electron chi connectivity index (χ2n) is 8.08. The topological polar surface area (TPSA) is 119 Å². The number of benzene rings is 2. The smallest absolute Gasteiger partial charge is 0.335 e. The van der Waals surface area contributed by atoms with Crippen molar-refractivity contribution in [2.75, 3.05) is 4.72 Å². The summed E-state index contributed by atoms with van der Waals surface area (Å²) in [5, 5.41) is 13.4. The number of carbonyl (C=O) groups is 1. The van der Waals surface area contributed by atoms with Crippen molar-refractivity contribution in [3.05, 3.63) is 78.1 Å². The third kappa shape index (κ3) is 3.94. The maximum atomic E-state index is 15.1. The Kier molecular flexibility index (Phi) is 5.20. The Morgan fingerprint density at radius 1 is 1.18 bits per heavy atom. The Bertz CT molecular complexity index is 1510. The van der Waals surface area contributed by atoms with Crippen LogP contribution in [0.2, 0.25) is 0 Å². The number of nitrogens with zero attached hydrogens (tertiary/aromatic N) is 4. The highest BCUT2D eigenvalue weighted by molar-refractivity contribution is 7.92. The van der Waals surface area contributed by atoms with Crippen LogP contribution < -0.4 is 4.72 Å². The zero-order valence-corrected chi connectivity index (χ0v) is 18.8. The Balaban J connectivity index is 1.66. The lowest BCUT2D eigenvalue weighted by Gasteiger charge is -2.17. The third-order valence-electron chi connectivity index (χ3n) is 5.73. The molecule has 11 heteroatoms. The van der Waals surface area contributed by atoms with Crippen LogP contribution in [0, 0.1) is 5.82 Å². The molecule has 4 aromatic rings. The molecule has 1 fully saturated rings. The molecule has 174 valence electrons. The van der Waals surface area contributed by atoms with E-state index in [1.807, 2.05) is 0 Å². The maximum Gasteiger partial charge on any atom is 0.335 e. The van der Waals surface area contributed by atoms with Gasteiger partial charge in [-0.1, -0.05) is 6.07 Å². The zero-order valence-electron chi connectivity index (χ0n) is 18.0. The van der Waals surface area contributed by atoms with Gasteiger partial charge in [0, 0.05) is 25.5 Å². The van der Waals surface area contributed by atoms with Gasteiger partial charge in [-0.05, 0) is 54.7 Å². The number of aromatic carboxylic acids is 1. The highest BCUT2D eigenvalue weighted by Crippen LogP contribution is 2.43. The number of hydrogen-bond donors (Lipinski definition) is 2. The van der Waals surface area contributed by atoms with E-state index >= 15 is 4.39 Å². The number of nitrogens with one attached hydrogen (secondary N) is 1. The molecule has 34 heavy (non-hydrogen) atoms. The first-order valence-electron chi connectivity index (χ1n) is 10.5. The number of aryl methyl sites for hydroxylation is 1. The lowest BCUT2D eigenvalue weighted by molar-refractivity contribution is 0.0696. The van der Waals surface area contributed by atoms with Crippen LogP contribution in [-0.4, -0.2) is 38.8 Å². The molecule has 2 N–H and O–H groups in total. The minimum absolute atomic E-state index is 0.0563. The molecule has 0 radical (unpaired) electrons. The number of carboxylic acids is 1. The van der Waals surface area contributed by atoms with Crippen molar-refractivity contribution >= 4 is 21.7 Å². The highest BCUT2D eigenvalue weighted by atomic mass is 32.2. The van der Waals surface area contributed by atoms with E-state index in [1.165, 1.54) is 35.3 Å². The van der Waals surface area contributed by atoms with Gasteiger partial charge in [-0.25, -0.2) is 27.3 Å². The lowest BCUT2D eigenvalue weighted by Crippen LogP contribution is -2.17. The third-order valence-corrected chi connectivity index (χ3v) is 7.15. The molecule has 0 aliphatic heterocycles. The fourth-order valence-corrected chi connectivity index (χ4v) is 5.29. The summed E-state index contributed by atoms with van der Waals surface area (Å²) in [7, 11) is -2.62. The summed E-state index contributed by atoms with van der Waals surface area (Å²) in [6, 6.07) is 10.2. The monoisotopic (exact) mass is 481 g/mol. The number of aromatic nitrogens is 4. The first-order chi connectivity index (χ1) is 16.2. The molecule has 5 rings (SSSR count). The molecule has 1 saturated carbocycles. The van der Waals surface area contributed by atoms with Gasteiger partial charge in [0.15, 0.2) is 5.82 Å². The van der Waals surface area contributed by atoms with Crippen molar-refractivity contribution in [2.24, 2.45) is 7.05 Å². The van der Waals surface area contributed by atoms with Gasteiger partial charge < -0.3 is 9.67 Å². The fraction of sp³-hybridized carbons (Fsp3) is 0.174. The van der Waals surface area contributed by atoms with Gasteiger partial charge in [0.1, 0.15) is 12.1 Å². The molecule has 1 aliphatic rings. The molecule has 0 atom stereocenters. The average molecular weight is 482 g/mol. The number of carboxylic acid groups (broad SMARTS) is 1. The summed E-state index contributed by atoms with van der Waals surface area (Å²) in [6.45, 7) is 0. The van der Waals surface area contributed by atoms with Crippen LogP contribution in [0.5, 0.6) is 0 Å². The van der Waals surface area contributed by atoms with Crippen molar-refractivity contribution in [3.8, 4) is 17.1 Å². The van der Waals surface area contributed by atoms with E-state index in [0.717, 1.165) is 12.8 Å². The average Bonchev–Trinajstić information content (AvgIpc) is 3.32. The summed E-state index contributed by atoms with van der Waals surface area (Å²) in [5.74, 6) is -1.54. The standard InChI is InChI=1S/C23H20FN5O4S/c1-28-22(25-13-26-28)17-11-19(20(12-18(17)24)29-8-2-3-9-29)27-34(32,33)21-10-15(23(30)31)6-7-16(21)14-4-5-14/h2-3,6-14,27H,4-5H2,1H3,(H,30,31). The molecule has 0 unspecified atom stereocenters. The Labute approximate surface area is 194 Å². The van der Waals surface area contributed by atoms with Crippen LogP contribution in [0.1, 0.15) is 34.7 Å². The molecule has 0 amide bonds. The van der Waals surface area contributed by atoms with Gasteiger partial charge in [0.2, 0.25) is 0 Å². The highest BCUT2D eigenvalue weighted by Gasteiger charge is 2.32. The molecular weight excluding hydrogens is 461 g/mol. The minimum Gasteiger partial charge on any atom is -0.478 e. The normalized spacial score (nSPS) is 13.7. The Morgan fingerprint density at radius 3 is 2.53 bits per heavy atom. The molecule has 1 aliphatic carbocycles. The first-order valence-corrected chi connectivity index (χ1v) is 11.9. The van der Waals surface area contributed by atoms with Gasteiger partial charge in [-0.3, -0.25) is 4.72 Å². The van der Waals surface area contributed by atoms with Crippen LogP contribution in [0.4, 0.5) is 10.1 Å². The Hall–Kier alpha value is -3.99. The van der Waals surface area contributed by atoms with E-state index in [4.69, 9.17) is 0 Å². The van der Waals surface area contributed by atoms with E-state index in [0.29, 0.717) is 5.56 Å². The van der Waals surface area contributed by atoms with E-state index in [2.05, 4.69) is 14.8 Å². The predicted octanol–water partition coefficient (Wildman–Crippen LogP) is 3.79. The number of halogens is 1. The first kappa shape index (κ1) is 21.8. The largest absolute Gasteiger partial charge is 0.478 e. The van der Waals surface area contributed by atoms with Gasteiger partial charge in [-0.15, -0.1) is 0 Å². The van der Waals surface area contributed by atoms with Gasteiger partial charge in [-0.2, -0.15) is 5.10 Å². The van der Waals surface area contributed by atoms with Crippen molar-refractivity contribution in [1.82, 2.24) is 19.3 Å². The summed E-state index contributed by atoms with van der Waals surface area (Å²) in [6.07, 6.45) is 6.26. The van der Waals surface area contributed by atoms with Crippen molar-refractivity contribution in [2.45, 2.75) is 23.7 Å². The van der Waals surface area contributed by atoms with Crippen LogP contribution in [0.3, 0.4) is 0 Å². The summed E-state index contributed by atoms with van der Waals surface area (Å²) >= 11 is 0. The second-order valence-corrected chi connectivity index (χ2v) is 9.74. The number of sulfonamides is 1. The summed E-state index contributed by atoms with van der Waals surface area (Å²) in [5.41, 5.74) is 0.873. The van der Waals surface area contributed by atoms with Gasteiger partial charge >= 0.3 is 5.97 Å². The Morgan fingerprint density at radius 2 is 1.91 bits per heavy atom. The summed E-state index contributed by atoms with van der Waals surface area (Å²) < 4.78 is 47.8. The van der Waals surface area contributed by atoms with Crippen molar-refractivity contribution in [3.63, 3.8) is 0 Å². The SMILES string of the molecule is Cn1ncnc1-c1cc(NS(=O)(=O)c2cc(C(=O)O)ccc2C2CC2)c(-n2cccc2)cc1F. The van der Waals surface area contributed by atoms with Crippen molar-refractivity contribution in [1.29, 1.82) is 0 Å². The predicted molar refractivity (Wildman–Crippen MR) is 122 cm³/mol. The molecule has 0 spiro atoms. The summed E-state index contributed by atoms with van der Waals surface area (Å²) in [4.78, 5) is 15.5. The van der Waals surface area contributed by atoms with E-state index < -0.39 is 21.8 Å². The van der Waals surface area contributed by atoms with Crippen molar-refractivity contribution < 1.29 is 22.7 Å². The van der Waals surface area contributed by atoms with E-state index in [-0.39, 0.29) is 39.1 Å². The molecule has 0 saturated heterocycles. The van der Waals surface area contributed by atoms with Crippen LogP contribution >= 0.6 is 0 Å². The van der Waals surface area contributed by atoms with Gasteiger partial charge in [0.25, 0.3) is 10.0 Å². The lowest BCUT2D eigenvalue weighted by atomic mass is 10.1. The molecule has 2 heterocycles. The second kappa shape index (κ2) is 8.10. The molecule has 9 nitrogen and oxygen atoms in total.